The molecule has 1 aliphatic heterocycles. The van der Waals surface area contributed by atoms with E-state index >= 15 is 0 Å². The summed E-state index contributed by atoms with van der Waals surface area (Å²) in [6.07, 6.45) is 0. The predicted molar refractivity (Wildman–Crippen MR) is 75.3 cm³/mol. The molecular formula is C16H25NO. The molecule has 100 valence electrons. The maximum Gasteiger partial charge on any atom is 0.0859 e. The molecule has 2 heteroatoms. The summed E-state index contributed by atoms with van der Waals surface area (Å²) in [6.45, 7) is 11.2. The van der Waals surface area contributed by atoms with Crippen LogP contribution in [0.5, 0.6) is 0 Å². The second kappa shape index (κ2) is 4.67. The minimum absolute atomic E-state index is 0.0716. The summed E-state index contributed by atoms with van der Waals surface area (Å²) in [4.78, 5) is 2.37. The van der Waals surface area contributed by atoms with E-state index in [0.717, 1.165) is 19.6 Å². The Labute approximate surface area is 111 Å². The van der Waals surface area contributed by atoms with Gasteiger partial charge >= 0.3 is 0 Å². The van der Waals surface area contributed by atoms with Crippen LogP contribution in [0.4, 0.5) is 0 Å². The second-order valence-electron chi connectivity index (χ2n) is 6.73. The van der Waals surface area contributed by atoms with Crippen LogP contribution in [0.2, 0.25) is 0 Å². The molecule has 18 heavy (non-hydrogen) atoms. The number of nitrogens with zero attached hydrogens (tertiary/aromatic N) is 1. The molecule has 1 saturated heterocycles. The van der Waals surface area contributed by atoms with Crippen LogP contribution in [0, 0.1) is 11.3 Å². The molecule has 0 bridgehead atoms. The largest absolute Gasteiger partial charge is 0.388 e. The van der Waals surface area contributed by atoms with Gasteiger partial charge in [0.2, 0.25) is 0 Å². The van der Waals surface area contributed by atoms with Crippen molar-refractivity contribution in [2.75, 3.05) is 13.1 Å². The first-order valence-electron chi connectivity index (χ1n) is 6.81. The average Bonchev–Trinajstić information content (AvgIpc) is 2.56. The Morgan fingerprint density at radius 3 is 2.39 bits per heavy atom. The van der Waals surface area contributed by atoms with E-state index in [1.807, 2.05) is 6.07 Å². The van der Waals surface area contributed by atoms with Gasteiger partial charge in [-0.3, -0.25) is 4.90 Å². The van der Waals surface area contributed by atoms with Crippen molar-refractivity contribution in [3.8, 4) is 0 Å². The van der Waals surface area contributed by atoms with Gasteiger partial charge in [0.25, 0.3) is 0 Å². The van der Waals surface area contributed by atoms with Crippen LogP contribution in [0.15, 0.2) is 30.3 Å². The Morgan fingerprint density at radius 1 is 1.28 bits per heavy atom. The molecule has 0 aliphatic carbocycles. The Bertz CT molecular complexity index is 395. The van der Waals surface area contributed by atoms with Gasteiger partial charge in [0.1, 0.15) is 0 Å². The molecule has 1 aromatic carbocycles. The molecule has 1 fully saturated rings. The minimum atomic E-state index is -0.582. The highest BCUT2D eigenvalue weighted by Gasteiger charge is 2.50. The standard InChI is InChI=1S/C16H25NO/c1-13-10-17(11-14-8-6-5-7-9-14)12-16(13,18)15(2,3)4/h5-9,13,18H,10-12H2,1-4H3/t13-,16+/m0/s1. The third-order valence-corrected chi connectivity index (χ3v) is 4.36. The average molecular weight is 247 g/mol. The number of aliphatic hydroxyl groups is 1. The van der Waals surface area contributed by atoms with Crippen LogP contribution < -0.4 is 0 Å². The summed E-state index contributed by atoms with van der Waals surface area (Å²) in [5, 5.41) is 10.9. The SMILES string of the molecule is C[C@H]1CN(Cc2ccccc2)C[C@]1(O)C(C)(C)C. The maximum absolute atomic E-state index is 10.9. The fourth-order valence-electron chi connectivity index (χ4n) is 3.04. The molecule has 0 radical (unpaired) electrons. The normalized spacial score (nSPS) is 29.7. The van der Waals surface area contributed by atoms with Crippen LogP contribution in [-0.4, -0.2) is 28.7 Å². The van der Waals surface area contributed by atoms with Crippen LogP contribution in [0.1, 0.15) is 33.3 Å². The van der Waals surface area contributed by atoms with Crippen molar-refractivity contribution in [2.45, 2.75) is 39.8 Å². The van der Waals surface area contributed by atoms with Gasteiger partial charge < -0.3 is 5.11 Å². The Balaban J connectivity index is 2.08. The molecule has 2 atom stereocenters. The zero-order valence-electron chi connectivity index (χ0n) is 12.0. The van der Waals surface area contributed by atoms with Crippen molar-refractivity contribution < 1.29 is 5.11 Å². The molecule has 0 aromatic heterocycles. The van der Waals surface area contributed by atoms with Gasteiger partial charge in [0.15, 0.2) is 0 Å². The maximum atomic E-state index is 10.9. The summed E-state index contributed by atoms with van der Waals surface area (Å²) in [6, 6.07) is 10.5. The number of β-amino-alcohol motifs (C(OH)–C–C–N with tert-alkyl or cyclic N) is 1. The molecule has 1 aromatic rings. The topological polar surface area (TPSA) is 23.5 Å². The lowest BCUT2D eigenvalue weighted by molar-refractivity contribution is -0.0751. The second-order valence-corrected chi connectivity index (χ2v) is 6.73. The highest BCUT2D eigenvalue weighted by Crippen LogP contribution is 2.41. The Morgan fingerprint density at radius 2 is 1.89 bits per heavy atom. The van der Waals surface area contributed by atoms with E-state index in [2.05, 4.69) is 56.9 Å². The summed E-state index contributed by atoms with van der Waals surface area (Å²) in [5.41, 5.74) is 0.669. The van der Waals surface area contributed by atoms with Gasteiger partial charge in [0, 0.05) is 19.6 Å². The number of hydrogen-bond donors (Lipinski definition) is 1. The first-order chi connectivity index (χ1) is 8.33. The van der Waals surface area contributed by atoms with Gasteiger partial charge in [-0.2, -0.15) is 0 Å². The van der Waals surface area contributed by atoms with Crippen LogP contribution in [0.3, 0.4) is 0 Å². The molecular weight excluding hydrogens is 222 g/mol. The van der Waals surface area contributed by atoms with E-state index in [9.17, 15) is 5.11 Å². The van der Waals surface area contributed by atoms with Crippen molar-refractivity contribution >= 4 is 0 Å². The molecule has 2 rings (SSSR count). The van der Waals surface area contributed by atoms with Crippen LogP contribution in [-0.2, 0) is 6.54 Å². The Kier molecular flexibility index (Phi) is 3.52. The third kappa shape index (κ3) is 2.45. The third-order valence-electron chi connectivity index (χ3n) is 4.36. The van der Waals surface area contributed by atoms with Crippen molar-refractivity contribution in [1.82, 2.24) is 4.90 Å². The summed E-state index contributed by atoms with van der Waals surface area (Å²) in [7, 11) is 0. The zero-order valence-corrected chi connectivity index (χ0v) is 12.0. The predicted octanol–water partition coefficient (Wildman–Crippen LogP) is 2.92. The van der Waals surface area contributed by atoms with E-state index < -0.39 is 5.60 Å². The molecule has 0 amide bonds. The quantitative estimate of drug-likeness (QED) is 0.868. The summed E-state index contributed by atoms with van der Waals surface area (Å²) >= 11 is 0. The molecule has 1 aliphatic rings. The Hall–Kier alpha value is -0.860. The lowest BCUT2D eigenvalue weighted by atomic mass is 9.71. The van der Waals surface area contributed by atoms with Crippen LogP contribution >= 0.6 is 0 Å². The van der Waals surface area contributed by atoms with E-state index in [1.165, 1.54) is 5.56 Å². The van der Waals surface area contributed by atoms with E-state index in [1.54, 1.807) is 0 Å². The van der Waals surface area contributed by atoms with Gasteiger partial charge in [-0.25, -0.2) is 0 Å². The van der Waals surface area contributed by atoms with Gasteiger partial charge in [0.05, 0.1) is 5.60 Å². The van der Waals surface area contributed by atoms with Crippen molar-refractivity contribution in [2.24, 2.45) is 11.3 Å². The molecule has 1 heterocycles. The molecule has 1 N–H and O–H groups in total. The number of hydrogen-bond acceptors (Lipinski definition) is 2. The highest BCUT2D eigenvalue weighted by molar-refractivity contribution is 5.15. The molecule has 0 spiro atoms. The van der Waals surface area contributed by atoms with Crippen molar-refractivity contribution in [3.05, 3.63) is 35.9 Å². The fourth-order valence-corrected chi connectivity index (χ4v) is 3.04. The lowest BCUT2D eigenvalue weighted by Crippen LogP contribution is -2.49. The fraction of sp³-hybridized carbons (Fsp3) is 0.625. The van der Waals surface area contributed by atoms with Crippen molar-refractivity contribution in [3.63, 3.8) is 0 Å². The van der Waals surface area contributed by atoms with Crippen LogP contribution in [0.25, 0.3) is 0 Å². The van der Waals surface area contributed by atoms with Gasteiger partial charge in [-0.05, 0) is 16.9 Å². The van der Waals surface area contributed by atoms with E-state index in [-0.39, 0.29) is 5.41 Å². The van der Waals surface area contributed by atoms with Gasteiger partial charge in [-0.1, -0.05) is 58.0 Å². The number of rotatable bonds is 2. The summed E-state index contributed by atoms with van der Waals surface area (Å²) < 4.78 is 0. The zero-order chi connectivity index (χ0) is 13.4. The number of benzene rings is 1. The first kappa shape index (κ1) is 13.6. The van der Waals surface area contributed by atoms with Crippen molar-refractivity contribution in [1.29, 1.82) is 0 Å². The highest BCUT2D eigenvalue weighted by atomic mass is 16.3. The summed E-state index contributed by atoms with van der Waals surface area (Å²) in [5.74, 6) is 0.321. The lowest BCUT2D eigenvalue weighted by Gasteiger charge is -2.40. The minimum Gasteiger partial charge on any atom is -0.388 e. The molecule has 0 unspecified atom stereocenters. The smallest absolute Gasteiger partial charge is 0.0859 e. The monoisotopic (exact) mass is 247 g/mol. The van der Waals surface area contributed by atoms with Gasteiger partial charge in [-0.15, -0.1) is 0 Å². The molecule has 2 nitrogen and oxygen atoms in total. The van der Waals surface area contributed by atoms with E-state index in [4.69, 9.17) is 0 Å². The molecule has 0 saturated carbocycles. The van der Waals surface area contributed by atoms with E-state index in [0.29, 0.717) is 5.92 Å². The first-order valence-corrected chi connectivity index (χ1v) is 6.81. The number of likely N-dealkylation sites (tertiary alicyclic amines) is 1.